The van der Waals surface area contributed by atoms with Gasteiger partial charge in [-0.2, -0.15) is 0 Å². The molecule has 0 heterocycles. The maximum absolute atomic E-state index is 13.4. The van der Waals surface area contributed by atoms with Crippen molar-refractivity contribution in [3.05, 3.63) is 29.8 Å². The number of benzene rings is 1. The maximum atomic E-state index is 13.4. The summed E-state index contributed by atoms with van der Waals surface area (Å²) in [5.74, 6) is -1.07. The van der Waals surface area contributed by atoms with Crippen LogP contribution in [0.25, 0.3) is 0 Å². The quantitative estimate of drug-likeness (QED) is 0.808. The first-order valence-corrected chi connectivity index (χ1v) is 6.04. The van der Waals surface area contributed by atoms with Gasteiger partial charge in [-0.15, -0.1) is 0 Å². The lowest BCUT2D eigenvalue weighted by molar-refractivity contribution is 0.155. The molecular weight excluding hydrogens is 224 g/mol. The predicted octanol–water partition coefficient (Wildman–Crippen LogP) is 3.00. The van der Waals surface area contributed by atoms with Crippen molar-refractivity contribution in [2.75, 3.05) is 0 Å². The van der Waals surface area contributed by atoms with Crippen molar-refractivity contribution < 1.29 is 13.5 Å². The monoisotopic (exact) mass is 241 g/mol. The van der Waals surface area contributed by atoms with Crippen molar-refractivity contribution >= 4 is 0 Å². The second kappa shape index (κ2) is 5.45. The van der Waals surface area contributed by atoms with E-state index in [4.69, 9.17) is 10.5 Å². The van der Waals surface area contributed by atoms with Crippen LogP contribution < -0.4 is 10.5 Å². The minimum atomic E-state index is -0.539. The van der Waals surface area contributed by atoms with Crippen LogP contribution in [0.3, 0.4) is 0 Å². The van der Waals surface area contributed by atoms with Gasteiger partial charge in [0.2, 0.25) is 0 Å². The molecule has 2 nitrogen and oxygen atoms in total. The van der Waals surface area contributed by atoms with Crippen molar-refractivity contribution in [1.29, 1.82) is 0 Å². The Kier molecular flexibility index (Phi) is 3.94. The molecule has 0 amide bonds. The van der Waals surface area contributed by atoms with Gasteiger partial charge in [0.15, 0.2) is 11.6 Å². The number of ether oxygens (including phenoxy) is 1. The number of halogens is 2. The molecule has 1 aliphatic carbocycles. The third-order valence-corrected chi connectivity index (χ3v) is 3.18. The van der Waals surface area contributed by atoms with Gasteiger partial charge >= 0.3 is 0 Å². The Labute approximate surface area is 99.8 Å². The van der Waals surface area contributed by atoms with Gasteiger partial charge in [-0.3, -0.25) is 0 Å². The molecule has 1 saturated carbocycles. The topological polar surface area (TPSA) is 35.2 Å². The lowest BCUT2D eigenvalue weighted by Crippen LogP contribution is -2.38. The molecule has 2 unspecified atom stereocenters. The van der Waals surface area contributed by atoms with Gasteiger partial charge in [-0.05, 0) is 31.4 Å². The van der Waals surface area contributed by atoms with E-state index in [-0.39, 0.29) is 17.9 Å². The normalized spacial score (nSPS) is 25.4. The van der Waals surface area contributed by atoms with E-state index in [9.17, 15) is 8.78 Å². The fraction of sp³-hybridized carbons (Fsp3) is 0.538. The van der Waals surface area contributed by atoms with Crippen molar-refractivity contribution in [1.82, 2.24) is 0 Å². The maximum Gasteiger partial charge on any atom is 0.165 e. The van der Waals surface area contributed by atoms with E-state index in [1.165, 1.54) is 0 Å². The lowest BCUT2D eigenvalue weighted by Gasteiger charge is -2.23. The molecule has 2 rings (SSSR count). The minimum Gasteiger partial charge on any atom is -0.486 e. The molecule has 2 atom stereocenters. The molecule has 0 aliphatic heterocycles. The number of hydrogen-bond donors (Lipinski definition) is 1. The fourth-order valence-corrected chi connectivity index (χ4v) is 2.18. The summed E-state index contributed by atoms with van der Waals surface area (Å²) in [6.45, 7) is 0. The van der Waals surface area contributed by atoms with Crippen LogP contribution in [0.2, 0.25) is 0 Å². The van der Waals surface area contributed by atoms with Crippen molar-refractivity contribution in [3.63, 3.8) is 0 Å². The molecule has 1 aliphatic rings. The van der Waals surface area contributed by atoms with Crippen molar-refractivity contribution in [2.24, 2.45) is 5.73 Å². The minimum absolute atomic E-state index is 0.0349. The Morgan fingerprint density at radius 3 is 2.71 bits per heavy atom. The first-order valence-electron chi connectivity index (χ1n) is 6.04. The molecule has 0 aromatic heterocycles. The van der Waals surface area contributed by atoms with Crippen molar-refractivity contribution in [3.8, 4) is 5.75 Å². The zero-order chi connectivity index (χ0) is 12.3. The molecule has 1 aromatic rings. The summed E-state index contributed by atoms with van der Waals surface area (Å²) < 4.78 is 31.9. The van der Waals surface area contributed by atoms with E-state index < -0.39 is 11.6 Å². The molecule has 2 N–H and O–H groups in total. The Morgan fingerprint density at radius 1 is 1.12 bits per heavy atom. The van der Waals surface area contributed by atoms with Crippen molar-refractivity contribution in [2.45, 2.75) is 44.2 Å². The van der Waals surface area contributed by atoms with Crippen LogP contribution >= 0.6 is 0 Å². The summed E-state index contributed by atoms with van der Waals surface area (Å²) in [6, 6.07) is 3.13. The highest BCUT2D eigenvalue weighted by Crippen LogP contribution is 2.25. The second-order valence-corrected chi connectivity index (χ2v) is 4.53. The van der Waals surface area contributed by atoms with Gasteiger partial charge in [0.25, 0.3) is 0 Å². The summed E-state index contributed by atoms with van der Waals surface area (Å²) in [4.78, 5) is 0. The Balaban J connectivity index is 2.10. The van der Waals surface area contributed by atoms with Gasteiger partial charge in [0.05, 0.1) is 0 Å². The molecule has 0 spiro atoms. The third kappa shape index (κ3) is 3.16. The van der Waals surface area contributed by atoms with E-state index in [1.807, 2.05) is 0 Å². The van der Waals surface area contributed by atoms with Crippen LogP contribution in [0.15, 0.2) is 18.2 Å². The molecule has 4 heteroatoms. The van der Waals surface area contributed by atoms with Crippen LogP contribution in [0.5, 0.6) is 5.75 Å². The van der Waals surface area contributed by atoms with E-state index in [2.05, 4.69) is 0 Å². The van der Waals surface area contributed by atoms with Gasteiger partial charge in [0, 0.05) is 12.1 Å². The molecule has 0 saturated heterocycles. The SMILES string of the molecule is NC1CCCCCC1Oc1cc(F)ccc1F. The summed E-state index contributed by atoms with van der Waals surface area (Å²) >= 11 is 0. The molecule has 1 aromatic carbocycles. The Hall–Kier alpha value is -1.16. The smallest absolute Gasteiger partial charge is 0.165 e. The van der Waals surface area contributed by atoms with E-state index in [0.717, 1.165) is 50.3 Å². The summed E-state index contributed by atoms with van der Waals surface area (Å²) in [6.07, 6.45) is 4.69. The Bertz CT molecular complexity index is 384. The first-order chi connectivity index (χ1) is 8.16. The standard InChI is InChI=1S/C13H17F2NO/c14-9-6-7-10(15)13(8-9)17-12-5-3-1-2-4-11(12)16/h6-8,11-12H,1-5,16H2. The molecule has 1 fully saturated rings. The molecule has 17 heavy (non-hydrogen) atoms. The van der Waals surface area contributed by atoms with E-state index in [0.29, 0.717) is 0 Å². The largest absolute Gasteiger partial charge is 0.486 e. The summed E-state index contributed by atoms with van der Waals surface area (Å²) in [5.41, 5.74) is 5.97. The average molecular weight is 241 g/mol. The fourth-order valence-electron chi connectivity index (χ4n) is 2.18. The summed E-state index contributed by atoms with van der Waals surface area (Å²) in [7, 11) is 0. The van der Waals surface area contributed by atoms with Gasteiger partial charge < -0.3 is 10.5 Å². The second-order valence-electron chi connectivity index (χ2n) is 4.53. The van der Waals surface area contributed by atoms with Gasteiger partial charge in [0.1, 0.15) is 11.9 Å². The highest BCUT2D eigenvalue weighted by atomic mass is 19.1. The zero-order valence-corrected chi connectivity index (χ0v) is 9.66. The lowest BCUT2D eigenvalue weighted by atomic mass is 10.1. The highest BCUT2D eigenvalue weighted by Gasteiger charge is 2.23. The molecule has 0 radical (unpaired) electrons. The van der Waals surface area contributed by atoms with Crippen LogP contribution in [0.1, 0.15) is 32.1 Å². The summed E-state index contributed by atoms with van der Waals surface area (Å²) in [5, 5.41) is 0. The van der Waals surface area contributed by atoms with E-state index in [1.54, 1.807) is 0 Å². The number of nitrogens with two attached hydrogens (primary N) is 1. The Morgan fingerprint density at radius 2 is 1.88 bits per heavy atom. The first kappa shape index (κ1) is 12.3. The van der Waals surface area contributed by atoms with Crippen LogP contribution in [0, 0.1) is 11.6 Å². The van der Waals surface area contributed by atoms with E-state index >= 15 is 0 Å². The van der Waals surface area contributed by atoms with Crippen LogP contribution in [-0.2, 0) is 0 Å². The molecular formula is C13H17F2NO. The third-order valence-electron chi connectivity index (χ3n) is 3.18. The number of hydrogen-bond acceptors (Lipinski definition) is 2. The van der Waals surface area contributed by atoms with Gasteiger partial charge in [-0.1, -0.05) is 12.8 Å². The molecule has 94 valence electrons. The zero-order valence-electron chi connectivity index (χ0n) is 9.66. The van der Waals surface area contributed by atoms with Crippen LogP contribution in [0.4, 0.5) is 8.78 Å². The molecule has 0 bridgehead atoms. The van der Waals surface area contributed by atoms with Crippen LogP contribution in [-0.4, -0.2) is 12.1 Å². The number of rotatable bonds is 2. The average Bonchev–Trinajstić information content (AvgIpc) is 2.50. The highest BCUT2D eigenvalue weighted by molar-refractivity contribution is 5.25. The predicted molar refractivity (Wildman–Crippen MR) is 61.8 cm³/mol. The van der Waals surface area contributed by atoms with Gasteiger partial charge in [-0.25, -0.2) is 8.78 Å².